The Hall–Kier alpha value is -1.10. The topological polar surface area (TPSA) is 64.1 Å². The third-order valence-corrected chi connectivity index (χ3v) is 3.19. The Bertz CT molecular complexity index is 536. The lowest BCUT2D eigenvalue weighted by atomic mass is 10.2. The summed E-state index contributed by atoms with van der Waals surface area (Å²) < 4.78 is 1.95. The maximum absolute atomic E-state index is 9.58. The van der Waals surface area contributed by atoms with Crippen LogP contribution in [0.5, 0.6) is 0 Å². The van der Waals surface area contributed by atoms with E-state index in [-0.39, 0.29) is 0 Å². The van der Waals surface area contributed by atoms with Crippen molar-refractivity contribution in [1.29, 1.82) is 0 Å². The lowest BCUT2D eigenvalue weighted by Gasteiger charge is -2.15. The van der Waals surface area contributed by atoms with Crippen LogP contribution in [0.25, 0.3) is 11.0 Å². The molecule has 0 bridgehead atoms. The molecule has 0 saturated heterocycles. The molecule has 2 rings (SSSR count). The van der Waals surface area contributed by atoms with Gasteiger partial charge in [0.05, 0.1) is 28.2 Å². The second kappa shape index (κ2) is 4.64. The highest BCUT2D eigenvalue weighted by atomic mass is 35.5. The zero-order valence-electron chi connectivity index (χ0n) is 9.89. The Labute approximate surface area is 105 Å². The van der Waals surface area contributed by atoms with Crippen molar-refractivity contribution < 1.29 is 5.11 Å². The summed E-state index contributed by atoms with van der Waals surface area (Å²) in [7, 11) is 0. The third kappa shape index (κ3) is 2.04. The van der Waals surface area contributed by atoms with Gasteiger partial charge in [0.25, 0.3) is 0 Å². The van der Waals surface area contributed by atoms with Crippen molar-refractivity contribution in [1.82, 2.24) is 9.55 Å². The number of aryl methyl sites for hydroxylation is 1. The number of aliphatic hydroxyl groups excluding tert-OH is 1. The van der Waals surface area contributed by atoms with Crippen molar-refractivity contribution in [2.45, 2.75) is 32.5 Å². The molecule has 4 nitrogen and oxygen atoms in total. The average molecular weight is 254 g/mol. The molecule has 1 aromatic carbocycles. The Balaban J connectivity index is 2.69. The van der Waals surface area contributed by atoms with Gasteiger partial charge in [-0.3, -0.25) is 0 Å². The largest absolute Gasteiger partial charge is 0.391 e. The molecular formula is C12H16ClN3O. The minimum atomic E-state index is -0.643. The molecule has 0 amide bonds. The predicted octanol–water partition coefficient (Wildman–Crippen LogP) is 2.09. The highest BCUT2D eigenvalue weighted by molar-refractivity contribution is 6.35. The van der Waals surface area contributed by atoms with Gasteiger partial charge in [0.1, 0.15) is 5.82 Å². The number of nitrogens with two attached hydrogens (primary N) is 1. The summed E-state index contributed by atoms with van der Waals surface area (Å²) in [6.45, 7) is 4.38. The van der Waals surface area contributed by atoms with E-state index >= 15 is 0 Å². The summed E-state index contributed by atoms with van der Waals surface area (Å²) in [5.41, 5.74) is 7.64. The molecule has 0 fully saturated rings. The summed E-state index contributed by atoms with van der Waals surface area (Å²) in [5, 5.41) is 10.2. The fraction of sp³-hybridized carbons (Fsp3) is 0.417. The molecule has 0 aliphatic rings. The molecule has 2 atom stereocenters. The number of aliphatic hydroxyl groups is 1. The van der Waals surface area contributed by atoms with Crippen LogP contribution in [-0.2, 0) is 6.54 Å². The number of para-hydroxylation sites is 1. The molecule has 0 aliphatic heterocycles. The monoisotopic (exact) mass is 253 g/mol. The van der Waals surface area contributed by atoms with Crippen molar-refractivity contribution in [2.75, 3.05) is 0 Å². The zero-order chi connectivity index (χ0) is 12.6. The number of benzene rings is 1. The van der Waals surface area contributed by atoms with E-state index in [0.29, 0.717) is 10.8 Å². The maximum Gasteiger partial charge on any atom is 0.129 e. The zero-order valence-corrected chi connectivity index (χ0v) is 10.6. The molecule has 0 aliphatic carbocycles. The quantitative estimate of drug-likeness (QED) is 0.880. The molecule has 0 saturated carbocycles. The van der Waals surface area contributed by atoms with Crippen LogP contribution in [0.2, 0.25) is 5.02 Å². The fourth-order valence-corrected chi connectivity index (χ4v) is 2.22. The molecule has 17 heavy (non-hydrogen) atoms. The third-order valence-electron chi connectivity index (χ3n) is 2.88. The number of nitrogens with zero attached hydrogens (tertiary/aromatic N) is 2. The summed E-state index contributed by atoms with van der Waals surface area (Å²) in [6, 6.07) is 5.08. The average Bonchev–Trinajstić information content (AvgIpc) is 2.67. The van der Waals surface area contributed by atoms with E-state index in [1.165, 1.54) is 0 Å². The standard InChI is InChI=1S/C12H16ClN3O/c1-3-16-11-8(13)5-4-6-9(11)15-12(16)10(14)7(2)17/h4-7,10,17H,3,14H2,1-2H3. The molecular weight excluding hydrogens is 238 g/mol. The van der Waals surface area contributed by atoms with Crippen LogP contribution in [0.15, 0.2) is 18.2 Å². The van der Waals surface area contributed by atoms with E-state index in [9.17, 15) is 5.11 Å². The van der Waals surface area contributed by atoms with Crippen LogP contribution >= 0.6 is 11.6 Å². The van der Waals surface area contributed by atoms with Crippen LogP contribution in [-0.4, -0.2) is 20.8 Å². The van der Waals surface area contributed by atoms with Crippen LogP contribution in [0.1, 0.15) is 25.7 Å². The minimum absolute atomic E-state index is 0.501. The Morgan fingerprint density at radius 1 is 1.53 bits per heavy atom. The van der Waals surface area contributed by atoms with Gasteiger partial charge in [0.15, 0.2) is 0 Å². The Morgan fingerprint density at radius 2 is 2.24 bits per heavy atom. The molecule has 0 radical (unpaired) electrons. The molecule has 92 valence electrons. The van der Waals surface area contributed by atoms with Gasteiger partial charge in [-0.1, -0.05) is 17.7 Å². The van der Waals surface area contributed by atoms with E-state index in [4.69, 9.17) is 17.3 Å². The second-order valence-corrected chi connectivity index (χ2v) is 4.50. The summed E-state index contributed by atoms with van der Waals surface area (Å²) in [4.78, 5) is 4.46. The predicted molar refractivity (Wildman–Crippen MR) is 69.0 cm³/mol. The summed E-state index contributed by atoms with van der Waals surface area (Å²) in [6.07, 6.45) is -0.643. The maximum atomic E-state index is 9.58. The van der Waals surface area contributed by atoms with Gasteiger partial charge in [-0.15, -0.1) is 0 Å². The number of aromatic nitrogens is 2. The molecule has 2 aromatic rings. The number of hydrogen-bond donors (Lipinski definition) is 2. The minimum Gasteiger partial charge on any atom is -0.391 e. The first kappa shape index (κ1) is 12.4. The lowest BCUT2D eigenvalue weighted by Crippen LogP contribution is -2.26. The first-order valence-corrected chi connectivity index (χ1v) is 6.02. The summed E-state index contributed by atoms with van der Waals surface area (Å²) in [5.74, 6) is 0.672. The first-order chi connectivity index (χ1) is 8.06. The van der Waals surface area contributed by atoms with Crippen LogP contribution in [0.4, 0.5) is 0 Å². The van der Waals surface area contributed by atoms with Gasteiger partial charge in [0.2, 0.25) is 0 Å². The van der Waals surface area contributed by atoms with Crippen molar-refractivity contribution in [3.8, 4) is 0 Å². The summed E-state index contributed by atoms with van der Waals surface area (Å²) >= 11 is 6.17. The van der Waals surface area contributed by atoms with Crippen LogP contribution in [0.3, 0.4) is 0 Å². The Morgan fingerprint density at radius 3 is 2.82 bits per heavy atom. The van der Waals surface area contributed by atoms with E-state index in [2.05, 4.69) is 4.98 Å². The van der Waals surface area contributed by atoms with Crippen molar-refractivity contribution in [2.24, 2.45) is 5.73 Å². The first-order valence-electron chi connectivity index (χ1n) is 5.64. The van der Waals surface area contributed by atoms with Crippen molar-refractivity contribution in [3.63, 3.8) is 0 Å². The van der Waals surface area contributed by atoms with Gasteiger partial charge in [-0.2, -0.15) is 0 Å². The lowest BCUT2D eigenvalue weighted by molar-refractivity contribution is 0.159. The number of halogens is 1. The number of rotatable bonds is 3. The van der Waals surface area contributed by atoms with Gasteiger partial charge in [0, 0.05) is 6.54 Å². The van der Waals surface area contributed by atoms with Gasteiger partial charge >= 0.3 is 0 Å². The van der Waals surface area contributed by atoms with E-state index in [1.807, 2.05) is 29.7 Å². The van der Waals surface area contributed by atoms with Crippen LogP contribution in [0, 0.1) is 0 Å². The normalized spacial score (nSPS) is 15.1. The Kier molecular flexibility index (Phi) is 3.38. The second-order valence-electron chi connectivity index (χ2n) is 4.09. The van der Waals surface area contributed by atoms with E-state index < -0.39 is 12.1 Å². The SMILES string of the molecule is CCn1c(C(N)C(C)O)nc2cccc(Cl)c21. The van der Waals surface area contributed by atoms with E-state index in [1.54, 1.807) is 6.92 Å². The highest BCUT2D eigenvalue weighted by Crippen LogP contribution is 2.27. The van der Waals surface area contributed by atoms with Crippen molar-refractivity contribution >= 4 is 22.6 Å². The van der Waals surface area contributed by atoms with Gasteiger partial charge in [-0.05, 0) is 26.0 Å². The van der Waals surface area contributed by atoms with Gasteiger partial charge in [-0.25, -0.2) is 4.98 Å². The van der Waals surface area contributed by atoms with E-state index in [0.717, 1.165) is 17.6 Å². The number of fused-ring (bicyclic) bond motifs is 1. The number of imidazole rings is 1. The number of hydrogen-bond acceptors (Lipinski definition) is 3. The van der Waals surface area contributed by atoms with Crippen LogP contribution < -0.4 is 5.73 Å². The molecule has 1 aromatic heterocycles. The molecule has 0 spiro atoms. The highest BCUT2D eigenvalue weighted by Gasteiger charge is 2.20. The molecule has 3 N–H and O–H groups in total. The molecule has 1 heterocycles. The molecule has 5 heteroatoms. The fourth-order valence-electron chi connectivity index (χ4n) is 1.95. The van der Waals surface area contributed by atoms with Crippen molar-refractivity contribution in [3.05, 3.63) is 29.0 Å². The molecule has 2 unspecified atom stereocenters. The smallest absolute Gasteiger partial charge is 0.129 e. The van der Waals surface area contributed by atoms with Gasteiger partial charge < -0.3 is 15.4 Å².